The predicted octanol–water partition coefficient (Wildman–Crippen LogP) is 1.86. The molecule has 0 bridgehead atoms. The van der Waals surface area contributed by atoms with Crippen LogP contribution in [0.1, 0.15) is 17.0 Å². The highest BCUT2D eigenvalue weighted by Gasteiger charge is 2.11. The maximum absolute atomic E-state index is 6.26. The topological polar surface area (TPSA) is 62.3 Å². The number of aryl methyl sites for hydroxylation is 2. The molecule has 0 saturated heterocycles. The summed E-state index contributed by atoms with van der Waals surface area (Å²) >= 11 is 0. The van der Waals surface area contributed by atoms with Crippen LogP contribution in [0.4, 0.5) is 0 Å². The molecule has 1 atom stereocenters. The van der Waals surface area contributed by atoms with Gasteiger partial charge in [0.1, 0.15) is 0 Å². The summed E-state index contributed by atoms with van der Waals surface area (Å²) in [7, 11) is 5.22. The summed E-state index contributed by atoms with van der Waals surface area (Å²) in [6.07, 6.45) is 1.58. The average molecular weight is 289 g/mol. The van der Waals surface area contributed by atoms with Crippen molar-refractivity contribution in [2.24, 2.45) is 12.8 Å². The third kappa shape index (κ3) is 3.76. The molecule has 0 amide bonds. The molecule has 0 saturated carbocycles. The fraction of sp³-hybridized carbons (Fsp3) is 0.438. The van der Waals surface area contributed by atoms with Crippen LogP contribution >= 0.6 is 0 Å². The van der Waals surface area contributed by atoms with Crippen molar-refractivity contribution in [1.82, 2.24) is 9.78 Å². The number of hydrogen-bond acceptors (Lipinski definition) is 4. The lowest BCUT2D eigenvalue weighted by molar-refractivity contribution is 0.354. The molecule has 0 radical (unpaired) electrons. The van der Waals surface area contributed by atoms with Crippen molar-refractivity contribution >= 4 is 0 Å². The van der Waals surface area contributed by atoms with Crippen molar-refractivity contribution < 1.29 is 9.47 Å². The first-order valence-corrected chi connectivity index (χ1v) is 6.99. The SMILES string of the molecule is COc1ccc(CC(N)Cc2cc(C)nn2C)cc1OC. The third-order valence-corrected chi connectivity index (χ3v) is 3.52. The van der Waals surface area contributed by atoms with Crippen molar-refractivity contribution in [3.8, 4) is 11.5 Å². The lowest BCUT2D eigenvalue weighted by atomic mass is 10.0. The molecular formula is C16H23N3O2. The minimum Gasteiger partial charge on any atom is -0.493 e. The minimum absolute atomic E-state index is 0.0397. The van der Waals surface area contributed by atoms with E-state index in [1.807, 2.05) is 36.9 Å². The standard InChI is InChI=1S/C16H23N3O2/c1-11-7-14(19(2)18-11)10-13(17)8-12-5-6-15(20-3)16(9-12)21-4/h5-7,9,13H,8,10,17H2,1-4H3. The summed E-state index contributed by atoms with van der Waals surface area (Å²) in [5, 5.41) is 4.35. The number of aromatic nitrogens is 2. The van der Waals surface area contributed by atoms with Crippen LogP contribution in [0.25, 0.3) is 0 Å². The highest BCUT2D eigenvalue weighted by Crippen LogP contribution is 2.28. The van der Waals surface area contributed by atoms with Gasteiger partial charge in [0.25, 0.3) is 0 Å². The molecule has 0 spiro atoms. The van der Waals surface area contributed by atoms with E-state index in [2.05, 4.69) is 11.2 Å². The van der Waals surface area contributed by atoms with E-state index in [9.17, 15) is 0 Å². The zero-order chi connectivity index (χ0) is 15.4. The summed E-state index contributed by atoms with van der Waals surface area (Å²) in [6.45, 7) is 1.99. The Hall–Kier alpha value is -2.01. The molecule has 0 fully saturated rings. The van der Waals surface area contributed by atoms with Crippen LogP contribution in [0.5, 0.6) is 11.5 Å². The van der Waals surface area contributed by atoms with Gasteiger partial charge < -0.3 is 15.2 Å². The van der Waals surface area contributed by atoms with Gasteiger partial charge in [0.2, 0.25) is 0 Å². The Morgan fingerprint density at radius 3 is 2.43 bits per heavy atom. The lowest BCUT2D eigenvalue weighted by Gasteiger charge is -2.14. The molecule has 1 heterocycles. The number of benzene rings is 1. The van der Waals surface area contributed by atoms with Gasteiger partial charge in [-0.25, -0.2) is 0 Å². The van der Waals surface area contributed by atoms with E-state index < -0.39 is 0 Å². The summed E-state index contributed by atoms with van der Waals surface area (Å²) in [5.74, 6) is 1.47. The first-order chi connectivity index (χ1) is 10.0. The summed E-state index contributed by atoms with van der Waals surface area (Å²) in [6, 6.07) is 8.03. The molecule has 114 valence electrons. The van der Waals surface area contributed by atoms with Crippen LogP contribution in [0, 0.1) is 6.92 Å². The number of nitrogens with two attached hydrogens (primary N) is 1. The maximum Gasteiger partial charge on any atom is 0.160 e. The molecule has 5 nitrogen and oxygen atoms in total. The molecule has 0 aliphatic rings. The zero-order valence-electron chi connectivity index (χ0n) is 13.1. The molecule has 1 unspecified atom stereocenters. The van der Waals surface area contributed by atoms with Gasteiger partial charge in [-0.05, 0) is 37.1 Å². The van der Waals surface area contributed by atoms with E-state index in [1.165, 1.54) is 0 Å². The largest absolute Gasteiger partial charge is 0.493 e. The number of nitrogens with zero attached hydrogens (tertiary/aromatic N) is 2. The Bertz CT molecular complexity index is 608. The van der Waals surface area contributed by atoms with Gasteiger partial charge in [-0.2, -0.15) is 5.10 Å². The molecule has 1 aromatic carbocycles. The van der Waals surface area contributed by atoms with Crippen LogP contribution in [0.3, 0.4) is 0 Å². The van der Waals surface area contributed by atoms with E-state index in [1.54, 1.807) is 14.2 Å². The van der Waals surface area contributed by atoms with E-state index in [0.717, 1.165) is 41.3 Å². The quantitative estimate of drug-likeness (QED) is 0.881. The fourth-order valence-electron chi connectivity index (χ4n) is 2.51. The first-order valence-electron chi connectivity index (χ1n) is 6.99. The molecule has 5 heteroatoms. The van der Waals surface area contributed by atoms with Crippen LogP contribution < -0.4 is 15.2 Å². The van der Waals surface area contributed by atoms with Crippen LogP contribution in [0.2, 0.25) is 0 Å². The highest BCUT2D eigenvalue weighted by molar-refractivity contribution is 5.43. The van der Waals surface area contributed by atoms with Crippen molar-refractivity contribution in [2.75, 3.05) is 14.2 Å². The second kappa shape index (κ2) is 6.63. The fourth-order valence-corrected chi connectivity index (χ4v) is 2.51. The Labute approximate surface area is 125 Å². The van der Waals surface area contributed by atoms with Crippen molar-refractivity contribution in [3.05, 3.63) is 41.2 Å². The van der Waals surface area contributed by atoms with E-state index in [4.69, 9.17) is 15.2 Å². The van der Waals surface area contributed by atoms with E-state index >= 15 is 0 Å². The molecule has 1 aromatic heterocycles. The smallest absolute Gasteiger partial charge is 0.160 e. The molecule has 2 aromatic rings. The summed E-state index contributed by atoms with van der Waals surface area (Å²) in [5.41, 5.74) is 9.58. The number of rotatable bonds is 6. The normalized spacial score (nSPS) is 12.2. The molecular weight excluding hydrogens is 266 g/mol. The molecule has 2 N–H and O–H groups in total. The van der Waals surface area contributed by atoms with Crippen LogP contribution in [0.15, 0.2) is 24.3 Å². The van der Waals surface area contributed by atoms with Crippen molar-refractivity contribution in [1.29, 1.82) is 0 Å². The molecule has 0 aliphatic carbocycles. The zero-order valence-corrected chi connectivity index (χ0v) is 13.1. The van der Waals surface area contributed by atoms with Crippen LogP contribution in [-0.4, -0.2) is 30.0 Å². The number of hydrogen-bond donors (Lipinski definition) is 1. The third-order valence-electron chi connectivity index (χ3n) is 3.52. The number of ether oxygens (including phenoxy) is 2. The summed E-state index contributed by atoms with van der Waals surface area (Å²) in [4.78, 5) is 0. The van der Waals surface area contributed by atoms with Crippen molar-refractivity contribution in [2.45, 2.75) is 25.8 Å². The highest BCUT2D eigenvalue weighted by atomic mass is 16.5. The van der Waals surface area contributed by atoms with Gasteiger partial charge in [0.15, 0.2) is 11.5 Å². The van der Waals surface area contributed by atoms with Gasteiger partial charge >= 0.3 is 0 Å². The number of methoxy groups -OCH3 is 2. The lowest BCUT2D eigenvalue weighted by Crippen LogP contribution is -2.26. The summed E-state index contributed by atoms with van der Waals surface area (Å²) < 4.78 is 12.5. The van der Waals surface area contributed by atoms with Gasteiger partial charge in [-0.15, -0.1) is 0 Å². The van der Waals surface area contributed by atoms with E-state index in [0.29, 0.717) is 0 Å². The Morgan fingerprint density at radius 2 is 1.86 bits per heavy atom. The monoisotopic (exact) mass is 289 g/mol. The Balaban J connectivity index is 2.05. The minimum atomic E-state index is 0.0397. The maximum atomic E-state index is 6.26. The van der Waals surface area contributed by atoms with Crippen LogP contribution in [-0.2, 0) is 19.9 Å². The van der Waals surface area contributed by atoms with Gasteiger partial charge in [0.05, 0.1) is 19.9 Å². The van der Waals surface area contributed by atoms with Gasteiger partial charge in [-0.3, -0.25) is 4.68 Å². The first kappa shape index (κ1) is 15.4. The Kier molecular flexibility index (Phi) is 4.85. The molecule has 21 heavy (non-hydrogen) atoms. The predicted molar refractivity (Wildman–Crippen MR) is 82.9 cm³/mol. The Morgan fingerprint density at radius 1 is 1.14 bits per heavy atom. The molecule has 2 rings (SSSR count). The van der Waals surface area contributed by atoms with Gasteiger partial charge in [-0.1, -0.05) is 6.07 Å². The van der Waals surface area contributed by atoms with E-state index in [-0.39, 0.29) is 6.04 Å². The second-order valence-electron chi connectivity index (χ2n) is 5.26. The van der Waals surface area contributed by atoms with Crippen molar-refractivity contribution in [3.63, 3.8) is 0 Å². The molecule has 0 aliphatic heterocycles. The van der Waals surface area contributed by atoms with Gasteiger partial charge in [0, 0.05) is 25.2 Å². The second-order valence-corrected chi connectivity index (χ2v) is 5.26. The average Bonchev–Trinajstić information content (AvgIpc) is 2.76.